The number of hydrogen-bond acceptors (Lipinski definition) is 2. The third-order valence-electron chi connectivity index (χ3n) is 4.48. The predicted molar refractivity (Wildman–Crippen MR) is 118 cm³/mol. The standard InChI is InChI=1S/C21H24Br2N2O2/c1-13(12-21(27)25-19-9-5-7-17(23)15(19)3)10-11-20(26)24-18-8-4-6-16(22)14(18)2/h4-9,13H,10-12H2,1-3H3,(H,24,26)(H,25,27)/t13-/m0/s1. The molecule has 6 heteroatoms. The van der Waals surface area contributed by atoms with Crippen molar-refractivity contribution >= 4 is 55.0 Å². The van der Waals surface area contributed by atoms with Crippen LogP contribution in [0.15, 0.2) is 45.3 Å². The molecule has 0 aliphatic heterocycles. The van der Waals surface area contributed by atoms with Gasteiger partial charge < -0.3 is 10.6 Å². The Hall–Kier alpha value is -1.66. The maximum atomic E-state index is 12.3. The van der Waals surface area contributed by atoms with Crippen molar-refractivity contribution in [2.24, 2.45) is 5.92 Å². The molecule has 2 aromatic carbocycles. The van der Waals surface area contributed by atoms with Gasteiger partial charge in [-0.2, -0.15) is 0 Å². The first-order valence-electron chi connectivity index (χ1n) is 8.88. The molecule has 0 spiro atoms. The molecule has 0 radical (unpaired) electrons. The zero-order chi connectivity index (χ0) is 20.0. The second-order valence-corrected chi connectivity index (χ2v) is 8.48. The van der Waals surface area contributed by atoms with E-state index in [1.54, 1.807) is 0 Å². The summed E-state index contributed by atoms with van der Waals surface area (Å²) in [7, 11) is 0. The highest BCUT2D eigenvalue weighted by molar-refractivity contribution is 9.10. The Morgan fingerprint density at radius 1 is 0.889 bits per heavy atom. The van der Waals surface area contributed by atoms with E-state index in [9.17, 15) is 9.59 Å². The van der Waals surface area contributed by atoms with Crippen molar-refractivity contribution in [2.75, 3.05) is 10.6 Å². The van der Waals surface area contributed by atoms with E-state index in [-0.39, 0.29) is 17.7 Å². The lowest BCUT2D eigenvalue weighted by Gasteiger charge is -2.14. The zero-order valence-corrected chi connectivity index (χ0v) is 18.9. The molecule has 27 heavy (non-hydrogen) atoms. The number of nitrogens with one attached hydrogen (secondary N) is 2. The molecule has 2 amide bonds. The van der Waals surface area contributed by atoms with Gasteiger partial charge in [0.05, 0.1) is 0 Å². The molecule has 0 fully saturated rings. The Morgan fingerprint density at radius 2 is 1.37 bits per heavy atom. The smallest absolute Gasteiger partial charge is 0.224 e. The highest BCUT2D eigenvalue weighted by Gasteiger charge is 2.14. The Morgan fingerprint density at radius 3 is 1.89 bits per heavy atom. The topological polar surface area (TPSA) is 58.2 Å². The van der Waals surface area contributed by atoms with Gasteiger partial charge in [-0.05, 0) is 61.6 Å². The third-order valence-corrected chi connectivity index (χ3v) is 6.20. The van der Waals surface area contributed by atoms with Crippen LogP contribution >= 0.6 is 31.9 Å². The van der Waals surface area contributed by atoms with Crippen LogP contribution in [0.5, 0.6) is 0 Å². The Balaban J connectivity index is 1.80. The average molecular weight is 496 g/mol. The monoisotopic (exact) mass is 494 g/mol. The van der Waals surface area contributed by atoms with Crippen molar-refractivity contribution in [1.82, 2.24) is 0 Å². The quantitative estimate of drug-likeness (QED) is 0.479. The molecule has 0 aromatic heterocycles. The number of carbonyl (C=O) groups excluding carboxylic acids is 2. The van der Waals surface area contributed by atoms with Gasteiger partial charge in [-0.3, -0.25) is 9.59 Å². The molecule has 0 aliphatic rings. The summed E-state index contributed by atoms with van der Waals surface area (Å²) >= 11 is 6.93. The van der Waals surface area contributed by atoms with Crippen LogP contribution in [-0.4, -0.2) is 11.8 Å². The molecule has 2 rings (SSSR count). The fourth-order valence-electron chi connectivity index (χ4n) is 2.70. The van der Waals surface area contributed by atoms with Crippen molar-refractivity contribution in [3.05, 3.63) is 56.5 Å². The molecule has 0 aliphatic carbocycles. The number of amides is 2. The number of benzene rings is 2. The number of rotatable bonds is 7. The molecule has 2 aromatic rings. The molecule has 0 saturated heterocycles. The van der Waals surface area contributed by atoms with Crippen LogP contribution in [0.1, 0.15) is 37.3 Å². The van der Waals surface area contributed by atoms with E-state index < -0.39 is 0 Å². The Kier molecular flexibility index (Phi) is 8.05. The Labute approximate surface area is 177 Å². The minimum atomic E-state index is -0.0358. The van der Waals surface area contributed by atoms with E-state index in [4.69, 9.17) is 0 Å². The molecular formula is C21H24Br2N2O2. The highest BCUT2D eigenvalue weighted by Crippen LogP contribution is 2.25. The molecule has 4 nitrogen and oxygen atoms in total. The van der Waals surface area contributed by atoms with Gasteiger partial charge in [0.1, 0.15) is 0 Å². The van der Waals surface area contributed by atoms with Crippen molar-refractivity contribution in [3.63, 3.8) is 0 Å². The molecule has 0 heterocycles. The lowest BCUT2D eigenvalue weighted by Crippen LogP contribution is -2.18. The SMILES string of the molecule is Cc1c(Br)cccc1NC(=O)CC[C@H](C)CC(=O)Nc1cccc(Br)c1C. The summed E-state index contributed by atoms with van der Waals surface area (Å²) in [5.41, 5.74) is 3.62. The lowest BCUT2D eigenvalue weighted by molar-refractivity contribution is -0.118. The summed E-state index contributed by atoms with van der Waals surface area (Å²) in [5, 5.41) is 5.89. The van der Waals surface area contributed by atoms with Crippen LogP contribution in [-0.2, 0) is 9.59 Å². The van der Waals surface area contributed by atoms with Crippen LogP contribution in [0.25, 0.3) is 0 Å². The number of carbonyl (C=O) groups is 2. The molecule has 144 valence electrons. The highest BCUT2D eigenvalue weighted by atomic mass is 79.9. The zero-order valence-electron chi connectivity index (χ0n) is 15.7. The minimum Gasteiger partial charge on any atom is -0.326 e. The summed E-state index contributed by atoms with van der Waals surface area (Å²) in [6, 6.07) is 11.4. The fourth-order valence-corrected chi connectivity index (χ4v) is 3.43. The van der Waals surface area contributed by atoms with Crippen molar-refractivity contribution in [1.29, 1.82) is 0 Å². The summed E-state index contributed by atoms with van der Waals surface area (Å²) < 4.78 is 1.93. The van der Waals surface area contributed by atoms with Gasteiger partial charge in [0.15, 0.2) is 0 Å². The van der Waals surface area contributed by atoms with E-state index in [2.05, 4.69) is 42.5 Å². The van der Waals surface area contributed by atoms with Crippen molar-refractivity contribution in [3.8, 4) is 0 Å². The van der Waals surface area contributed by atoms with E-state index in [0.29, 0.717) is 19.3 Å². The summed E-state index contributed by atoms with van der Waals surface area (Å²) in [5.74, 6) is 0.0463. The molecule has 0 unspecified atom stereocenters. The van der Waals surface area contributed by atoms with E-state index in [1.165, 1.54) is 0 Å². The van der Waals surface area contributed by atoms with E-state index >= 15 is 0 Å². The maximum absolute atomic E-state index is 12.3. The fraction of sp³-hybridized carbons (Fsp3) is 0.333. The summed E-state index contributed by atoms with van der Waals surface area (Å²) in [6.45, 7) is 5.90. The van der Waals surface area contributed by atoms with Crippen LogP contribution in [0.3, 0.4) is 0 Å². The van der Waals surface area contributed by atoms with Gasteiger partial charge >= 0.3 is 0 Å². The van der Waals surface area contributed by atoms with Gasteiger partial charge in [0, 0.05) is 33.2 Å². The van der Waals surface area contributed by atoms with E-state index in [1.807, 2.05) is 57.2 Å². The minimum absolute atomic E-state index is 0.0352. The van der Waals surface area contributed by atoms with Crippen LogP contribution < -0.4 is 10.6 Å². The first kappa shape index (κ1) is 21.6. The average Bonchev–Trinajstić information content (AvgIpc) is 2.61. The lowest BCUT2D eigenvalue weighted by atomic mass is 10.0. The molecule has 1 atom stereocenters. The largest absolute Gasteiger partial charge is 0.326 e. The predicted octanol–water partition coefficient (Wildman–Crippen LogP) is 6.21. The first-order chi connectivity index (χ1) is 12.8. The van der Waals surface area contributed by atoms with Gasteiger partial charge in [0.25, 0.3) is 0 Å². The summed E-state index contributed by atoms with van der Waals surface area (Å²) in [6.07, 6.45) is 1.43. The number of hydrogen-bond donors (Lipinski definition) is 2. The van der Waals surface area contributed by atoms with E-state index in [0.717, 1.165) is 31.4 Å². The molecule has 0 saturated carbocycles. The second kappa shape index (κ2) is 10.0. The maximum Gasteiger partial charge on any atom is 0.224 e. The molecular weight excluding hydrogens is 472 g/mol. The molecule has 2 N–H and O–H groups in total. The number of halogens is 2. The van der Waals surface area contributed by atoms with Crippen LogP contribution in [0, 0.1) is 19.8 Å². The normalized spacial score (nSPS) is 11.7. The van der Waals surface area contributed by atoms with Crippen molar-refractivity contribution < 1.29 is 9.59 Å². The van der Waals surface area contributed by atoms with Gasteiger partial charge in [-0.1, -0.05) is 50.9 Å². The van der Waals surface area contributed by atoms with Crippen molar-refractivity contribution in [2.45, 2.75) is 40.0 Å². The van der Waals surface area contributed by atoms with Crippen LogP contribution in [0.4, 0.5) is 11.4 Å². The summed E-state index contributed by atoms with van der Waals surface area (Å²) in [4.78, 5) is 24.5. The molecule has 0 bridgehead atoms. The number of anilines is 2. The van der Waals surface area contributed by atoms with Gasteiger partial charge in [0.2, 0.25) is 11.8 Å². The van der Waals surface area contributed by atoms with Gasteiger partial charge in [-0.15, -0.1) is 0 Å². The third kappa shape index (κ3) is 6.47. The van der Waals surface area contributed by atoms with Crippen LogP contribution in [0.2, 0.25) is 0 Å². The van der Waals surface area contributed by atoms with Gasteiger partial charge in [-0.25, -0.2) is 0 Å². The first-order valence-corrected chi connectivity index (χ1v) is 10.5. The second-order valence-electron chi connectivity index (χ2n) is 6.77. The Bertz CT molecular complexity index is 837.